The largest absolute Gasteiger partial charge is 0.476 e. The topological polar surface area (TPSA) is 96.0 Å². The molecule has 0 N–H and O–H groups in total. The summed E-state index contributed by atoms with van der Waals surface area (Å²) in [6.07, 6.45) is 5.30. The van der Waals surface area contributed by atoms with E-state index in [1.807, 2.05) is 35.2 Å². The van der Waals surface area contributed by atoms with Gasteiger partial charge in [-0.2, -0.15) is 10.5 Å². The lowest BCUT2D eigenvalue weighted by Gasteiger charge is -2.46. The van der Waals surface area contributed by atoms with Gasteiger partial charge < -0.3 is 19.4 Å². The van der Waals surface area contributed by atoms with E-state index in [-0.39, 0.29) is 38.5 Å². The van der Waals surface area contributed by atoms with E-state index in [0.29, 0.717) is 39.9 Å². The van der Waals surface area contributed by atoms with Crippen LogP contribution in [0, 0.1) is 28.6 Å². The van der Waals surface area contributed by atoms with Crippen LogP contribution in [0.15, 0.2) is 83.0 Å². The number of piperazine rings is 1. The number of halogens is 3. The summed E-state index contributed by atoms with van der Waals surface area (Å²) in [5.41, 5.74) is 2.23. The Bertz CT molecular complexity index is 1820. The Morgan fingerprint density at radius 3 is 2.62 bits per heavy atom. The summed E-state index contributed by atoms with van der Waals surface area (Å²) in [7, 11) is 2.05. The van der Waals surface area contributed by atoms with Crippen molar-refractivity contribution >= 4 is 39.8 Å². The highest BCUT2D eigenvalue weighted by Crippen LogP contribution is 2.44. The van der Waals surface area contributed by atoms with Gasteiger partial charge in [0, 0.05) is 58.8 Å². The number of benzene rings is 2. The molecule has 0 spiro atoms. The minimum absolute atomic E-state index is 0.0355. The highest BCUT2D eigenvalue weighted by molar-refractivity contribution is 6.36. The highest BCUT2D eigenvalue weighted by Gasteiger charge is 2.42. The van der Waals surface area contributed by atoms with E-state index in [2.05, 4.69) is 30.7 Å². The molecule has 11 heteroatoms. The Kier molecular flexibility index (Phi) is 9.45. The average Bonchev–Trinajstić information content (AvgIpc) is 3.47. The normalized spacial score (nSPS) is 24.6. The Labute approximate surface area is 278 Å². The first-order valence-electron chi connectivity index (χ1n) is 15.8. The molecule has 2 saturated heterocycles. The fraction of sp³-hybridized carbons (Fsp3) is 0.389. The van der Waals surface area contributed by atoms with Crippen molar-refractivity contribution in [2.45, 2.75) is 43.8 Å². The van der Waals surface area contributed by atoms with Gasteiger partial charge in [0.25, 0.3) is 5.91 Å². The number of rotatable bonds is 7. The number of likely N-dealkylation sites (N-methyl/N-ethyl adjacent to an activating group) is 1. The third kappa shape index (κ3) is 6.28. The van der Waals surface area contributed by atoms with Crippen molar-refractivity contribution in [2.24, 2.45) is 10.9 Å². The maximum absolute atomic E-state index is 16.4. The van der Waals surface area contributed by atoms with Crippen LogP contribution in [0.3, 0.4) is 0 Å². The van der Waals surface area contributed by atoms with Crippen LogP contribution in [0.1, 0.15) is 31.2 Å². The van der Waals surface area contributed by atoms with Crippen LogP contribution >= 0.6 is 11.6 Å². The summed E-state index contributed by atoms with van der Waals surface area (Å²) in [6, 6.07) is 14.5. The fourth-order valence-electron chi connectivity index (χ4n) is 7.23. The molecule has 0 radical (unpaired) electrons. The van der Waals surface area contributed by atoms with Crippen LogP contribution < -0.4 is 0 Å². The Balaban J connectivity index is 1.44. The van der Waals surface area contributed by atoms with Gasteiger partial charge in [0.05, 0.1) is 37.1 Å². The lowest BCUT2D eigenvalue weighted by atomic mass is 9.81. The van der Waals surface area contributed by atoms with Gasteiger partial charge >= 0.3 is 0 Å². The van der Waals surface area contributed by atoms with E-state index >= 15 is 4.39 Å². The smallest absolute Gasteiger partial charge is 0.282 e. The van der Waals surface area contributed by atoms with Crippen molar-refractivity contribution in [3.8, 4) is 12.1 Å². The van der Waals surface area contributed by atoms with Crippen LogP contribution in [0.2, 0.25) is 5.02 Å². The lowest BCUT2D eigenvalue weighted by molar-refractivity contribution is -0.133. The van der Waals surface area contributed by atoms with Gasteiger partial charge in [0.15, 0.2) is 5.83 Å². The number of ether oxygens (including phenoxy) is 1. The van der Waals surface area contributed by atoms with E-state index in [1.54, 1.807) is 12.1 Å². The molecule has 3 heterocycles. The number of amides is 1. The van der Waals surface area contributed by atoms with Crippen molar-refractivity contribution in [3.05, 3.63) is 88.6 Å². The van der Waals surface area contributed by atoms with Crippen LogP contribution in [-0.4, -0.2) is 84.5 Å². The fourth-order valence-corrected chi connectivity index (χ4v) is 7.52. The predicted octanol–water partition coefficient (Wildman–Crippen LogP) is 6.33. The number of likely N-dealkylation sites (tertiary alicyclic amines) is 1. The molecule has 3 aliphatic heterocycles. The molecule has 1 aliphatic carbocycles. The summed E-state index contributed by atoms with van der Waals surface area (Å²) in [6.45, 7) is 5.09. The van der Waals surface area contributed by atoms with Gasteiger partial charge in [-0.3, -0.25) is 4.79 Å². The molecule has 8 nitrogen and oxygen atoms in total. The van der Waals surface area contributed by atoms with Crippen LogP contribution in [-0.2, 0) is 9.53 Å². The maximum Gasteiger partial charge on any atom is 0.282 e. The molecule has 2 aromatic rings. The number of carbonyl (C=O) groups excluding carboxylic acids is 1. The van der Waals surface area contributed by atoms with Crippen molar-refractivity contribution in [2.75, 3.05) is 39.8 Å². The summed E-state index contributed by atoms with van der Waals surface area (Å²) in [4.78, 5) is 23.2. The van der Waals surface area contributed by atoms with Gasteiger partial charge in [-0.15, -0.1) is 0 Å². The van der Waals surface area contributed by atoms with Crippen LogP contribution in [0.25, 0.3) is 16.3 Å². The Morgan fingerprint density at radius 1 is 1.13 bits per heavy atom. The average molecular weight is 657 g/mol. The third-order valence-electron chi connectivity index (χ3n) is 9.57. The molecule has 0 saturated carbocycles. The van der Waals surface area contributed by atoms with Gasteiger partial charge in [0.1, 0.15) is 12.4 Å². The number of carbonyl (C=O) groups is 1. The van der Waals surface area contributed by atoms with Crippen molar-refractivity contribution in [1.29, 1.82) is 10.5 Å². The van der Waals surface area contributed by atoms with Crippen molar-refractivity contribution in [3.63, 3.8) is 0 Å². The molecule has 0 bridgehead atoms. The maximum atomic E-state index is 16.4. The molecule has 2 aromatic carbocycles. The zero-order valence-corrected chi connectivity index (χ0v) is 26.9. The first-order chi connectivity index (χ1) is 22.7. The second-order valence-corrected chi connectivity index (χ2v) is 12.7. The van der Waals surface area contributed by atoms with Crippen LogP contribution in [0.5, 0.6) is 0 Å². The monoisotopic (exact) mass is 656 g/mol. The van der Waals surface area contributed by atoms with E-state index in [9.17, 15) is 19.7 Å². The molecule has 1 amide bonds. The summed E-state index contributed by atoms with van der Waals surface area (Å²) < 4.78 is 36.7. The Morgan fingerprint density at radius 2 is 1.91 bits per heavy atom. The molecule has 4 aliphatic rings. The van der Waals surface area contributed by atoms with Crippen molar-refractivity contribution in [1.82, 2.24) is 14.7 Å². The summed E-state index contributed by atoms with van der Waals surface area (Å²) >= 11 is 6.63. The van der Waals surface area contributed by atoms with E-state index in [0.717, 1.165) is 30.2 Å². The van der Waals surface area contributed by atoms with E-state index < -0.39 is 35.6 Å². The number of nitrogens with zero attached hydrogens (tertiary/aromatic N) is 6. The van der Waals surface area contributed by atoms with Gasteiger partial charge in [0.2, 0.25) is 5.90 Å². The number of dihydropyridines is 1. The number of fused-ring (bicyclic) bond motifs is 2. The van der Waals surface area contributed by atoms with Gasteiger partial charge in [-0.1, -0.05) is 48.5 Å². The zero-order chi connectivity index (χ0) is 33.2. The van der Waals surface area contributed by atoms with E-state index in [1.165, 1.54) is 11.0 Å². The van der Waals surface area contributed by atoms with Gasteiger partial charge in [-0.05, 0) is 55.6 Å². The molecule has 6 rings (SSSR count). The number of nitriles is 2. The SMILES string of the molecule is C=C(F)C(=O)N1CCN(C2=C(CC#N)C(OCC3CCCN3C)=NC3C=C(c4cccc5cccc(Cl)c45)C(F)=CC23)CC1CC#N. The minimum atomic E-state index is -1.09. The first-order valence-corrected chi connectivity index (χ1v) is 16.1. The summed E-state index contributed by atoms with van der Waals surface area (Å²) in [5, 5.41) is 21.7. The van der Waals surface area contributed by atoms with Crippen molar-refractivity contribution < 1.29 is 18.3 Å². The molecule has 47 heavy (non-hydrogen) atoms. The highest BCUT2D eigenvalue weighted by atomic mass is 35.5. The zero-order valence-electron chi connectivity index (χ0n) is 26.1. The lowest BCUT2D eigenvalue weighted by Crippen LogP contribution is -2.56. The number of hydrogen-bond acceptors (Lipinski definition) is 7. The second-order valence-electron chi connectivity index (χ2n) is 12.3. The molecule has 4 unspecified atom stereocenters. The molecule has 2 fully saturated rings. The van der Waals surface area contributed by atoms with E-state index in [4.69, 9.17) is 21.3 Å². The number of hydrogen-bond donors (Lipinski definition) is 0. The number of allylic oxidation sites excluding steroid dienone is 2. The molecular formula is C36H35ClF2N6O2. The molecule has 242 valence electrons. The number of aliphatic imine (C=N–C) groups is 1. The molecular weight excluding hydrogens is 622 g/mol. The quantitative estimate of drug-likeness (QED) is 0.323. The molecule has 4 atom stereocenters. The Hall–Kier alpha value is -4.51. The van der Waals surface area contributed by atoms with Crippen LogP contribution in [0.4, 0.5) is 8.78 Å². The summed E-state index contributed by atoms with van der Waals surface area (Å²) in [5.74, 6) is -2.65. The minimum Gasteiger partial charge on any atom is -0.476 e. The standard InChI is InChI=1S/C36H35ClF2N6O2/c1-22(38)36(46)45-17-16-44(20-24(45)11-13-40)34-27(12-14-41)35(47-21-25-8-5-15-43(25)2)42-32-19-28(31(39)18-29(32)34)26-9-3-6-23-7-4-10-30(37)33(23)26/h3-4,6-7,9-10,18-19,24-25,29,32H,1,5,8,11-12,15-17,20-21H2,2H3. The third-order valence-corrected chi connectivity index (χ3v) is 9.88. The first kappa shape index (κ1) is 32.4. The second kappa shape index (κ2) is 13.7. The predicted molar refractivity (Wildman–Crippen MR) is 177 cm³/mol. The van der Waals surface area contributed by atoms with Gasteiger partial charge in [-0.25, -0.2) is 13.8 Å². The molecule has 0 aromatic heterocycles.